The van der Waals surface area contributed by atoms with Gasteiger partial charge in [-0.3, -0.25) is 4.79 Å². The third-order valence-electron chi connectivity index (χ3n) is 4.24. The average Bonchev–Trinajstić information content (AvgIpc) is 3.05. The fourth-order valence-corrected chi connectivity index (χ4v) is 3.40. The molecule has 1 aliphatic heterocycles. The average molecular weight is 370 g/mol. The highest BCUT2D eigenvalue weighted by Crippen LogP contribution is 2.23. The summed E-state index contributed by atoms with van der Waals surface area (Å²) >= 11 is 0. The van der Waals surface area contributed by atoms with Crippen LogP contribution >= 0.6 is 0 Å². The largest absolute Gasteiger partial charge is 0.380 e. The molecular weight excluding hydrogens is 352 g/mol. The number of nitrogens with one attached hydrogen (secondary N) is 1. The SMILES string of the molecule is N#Cc1cc(S(N)(=O)=O)ccc1NCc1ccc(N2CCCC2=O)cc1. The summed E-state index contributed by atoms with van der Waals surface area (Å²) in [4.78, 5) is 13.4. The van der Waals surface area contributed by atoms with Crippen LogP contribution in [0.1, 0.15) is 24.0 Å². The highest BCUT2D eigenvalue weighted by Gasteiger charge is 2.21. The van der Waals surface area contributed by atoms with Crippen molar-refractivity contribution in [3.05, 3.63) is 53.6 Å². The zero-order chi connectivity index (χ0) is 18.7. The van der Waals surface area contributed by atoms with Gasteiger partial charge in [0, 0.05) is 25.2 Å². The lowest BCUT2D eigenvalue weighted by Gasteiger charge is -2.16. The van der Waals surface area contributed by atoms with Crippen molar-refractivity contribution in [1.29, 1.82) is 5.26 Å². The lowest BCUT2D eigenvalue weighted by molar-refractivity contribution is -0.117. The number of anilines is 2. The number of hydrogen-bond donors (Lipinski definition) is 2. The molecule has 3 N–H and O–H groups in total. The van der Waals surface area contributed by atoms with Crippen LogP contribution in [0.3, 0.4) is 0 Å². The number of amides is 1. The van der Waals surface area contributed by atoms with E-state index in [2.05, 4.69) is 5.32 Å². The summed E-state index contributed by atoms with van der Waals surface area (Å²) < 4.78 is 22.8. The van der Waals surface area contributed by atoms with Crippen LogP contribution in [0.5, 0.6) is 0 Å². The van der Waals surface area contributed by atoms with Crippen LogP contribution in [0.25, 0.3) is 0 Å². The van der Waals surface area contributed by atoms with E-state index in [1.54, 1.807) is 4.90 Å². The number of nitrogens with two attached hydrogens (primary N) is 1. The summed E-state index contributed by atoms with van der Waals surface area (Å²) in [6, 6.07) is 13.7. The summed E-state index contributed by atoms with van der Waals surface area (Å²) in [5.41, 5.74) is 2.58. The fraction of sp³-hybridized carbons (Fsp3) is 0.222. The third kappa shape index (κ3) is 3.85. The molecule has 0 aliphatic carbocycles. The second kappa shape index (κ2) is 7.15. The summed E-state index contributed by atoms with van der Waals surface area (Å²) in [5, 5.41) is 17.4. The molecule has 0 atom stereocenters. The predicted molar refractivity (Wildman–Crippen MR) is 97.9 cm³/mol. The van der Waals surface area contributed by atoms with Gasteiger partial charge in [-0.15, -0.1) is 0 Å². The van der Waals surface area contributed by atoms with Gasteiger partial charge in [0.15, 0.2) is 0 Å². The topological polar surface area (TPSA) is 116 Å². The smallest absolute Gasteiger partial charge is 0.238 e. The van der Waals surface area contributed by atoms with Gasteiger partial charge in [0.2, 0.25) is 15.9 Å². The zero-order valence-corrected chi connectivity index (χ0v) is 14.8. The molecule has 0 unspecified atom stereocenters. The van der Waals surface area contributed by atoms with Crippen molar-refractivity contribution in [3.63, 3.8) is 0 Å². The van der Waals surface area contributed by atoms with E-state index in [0.29, 0.717) is 18.7 Å². The Morgan fingerprint density at radius 2 is 1.92 bits per heavy atom. The van der Waals surface area contributed by atoms with Crippen molar-refractivity contribution < 1.29 is 13.2 Å². The summed E-state index contributed by atoms with van der Waals surface area (Å²) in [6.07, 6.45) is 1.47. The first-order valence-corrected chi connectivity index (χ1v) is 9.63. The number of nitriles is 1. The van der Waals surface area contributed by atoms with Crippen molar-refractivity contribution in [2.75, 3.05) is 16.8 Å². The lowest BCUT2D eigenvalue weighted by Crippen LogP contribution is -2.23. The van der Waals surface area contributed by atoms with Gasteiger partial charge < -0.3 is 10.2 Å². The van der Waals surface area contributed by atoms with Crippen molar-refractivity contribution in [3.8, 4) is 6.07 Å². The number of nitrogens with zero attached hydrogens (tertiary/aromatic N) is 2. The number of benzene rings is 2. The molecule has 1 saturated heterocycles. The molecule has 26 heavy (non-hydrogen) atoms. The summed E-state index contributed by atoms with van der Waals surface area (Å²) in [7, 11) is -3.85. The maximum atomic E-state index is 11.8. The Morgan fingerprint density at radius 3 is 2.50 bits per heavy atom. The van der Waals surface area contributed by atoms with Crippen LogP contribution in [-0.4, -0.2) is 20.9 Å². The second-order valence-corrected chi connectivity index (χ2v) is 7.59. The maximum absolute atomic E-state index is 11.8. The number of primary sulfonamides is 1. The van der Waals surface area contributed by atoms with Crippen LogP contribution in [0.2, 0.25) is 0 Å². The monoisotopic (exact) mass is 370 g/mol. The zero-order valence-electron chi connectivity index (χ0n) is 14.0. The van der Waals surface area contributed by atoms with Crippen LogP contribution in [0, 0.1) is 11.3 Å². The van der Waals surface area contributed by atoms with Gasteiger partial charge >= 0.3 is 0 Å². The Bertz CT molecular complexity index is 978. The Balaban J connectivity index is 1.71. The van der Waals surface area contributed by atoms with Gasteiger partial charge in [0.25, 0.3) is 0 Å². The summed E-state index contributed by atoms with van der Waals surface area (Å²) in [5.74, 6) is 0.143. The van der Waals surface area contributed by atoms with Crippen molar-refractivity contribution in [2.45, 2.75) is 24.3 Å². The minimum absolute atomic E-state index is 0.0979. The van der Waals surface area contributed by atoms with E-state index < -0.39 is 10.0 Å². The molecule has 1 aliphatic rings. The Hall–Kier alpha value is -2.89. The van der Waals surface area contributed by atoms with Gasteiger partial charge in [-0.05, 0) is 42.3 Å². The molecule has 8 heteroatoms. The minimum Gasteiger partial charge on any atom is -0.380 e. The number of sulfonamides is 1. The molecular formula is C18H18N4O3S. The van der Waals surface area contributed by atoms with Gasteiger partial charge in [-0.25, -0.2) is 13.6 Å². The molecule has 2 aromatic carbocycles. The van der Waals surface area contributed by atoms with E-state index in [4.69, 9.17) is 5.14 Å². The van der Waals surface area contributed by atoms with Gasteiger partial charge in [0.05, 0.1) is 16.1 Å². The lowest BCUT2D eigenvalue weighted by atomic mass is 10.1. The molecule has 0 aromatic heterocycles. The van der Waals surface area contributed by atoms with Gasteiger partial charge in [-0.1, -0.05) is 12.1 Å². The van der Waals surface area contributed by atoms with Crippen molar-refractivity contribution in [2.24, 2.45) is 5.14 Å². The number of carbonyl (C=O) groups excluding carboxylic acids is 1. The highest BCUT2D eigenvalue weighted by atomic mass is 32.2. The molecule has 0 radical (unpaired) electrons. The third-order valence-corrected chi connectivity index (χ3v) is 5.16. The standard InChI is InChI=1S/C18H18N4O3S/c19-11-14-10-16(26(20,24)25)7-8-17(14)21-12-13-3-5-15(6-4-13)22-9-1-2-18(22)23/h3-8,10,21H,1-2,9,12H2,(H2,20,24,25). The molecule has 3 rings (SSSR count). The number of hydrogen-bond acceptors (Lipinski definition) is 5. The van der Waals surface area contributed by atoms with E-state index in [-0.39, 0.29) is 16.4 Å². The van der Waals surface area contributed by atoms with Crippen LogP contribution in [-0.2, 0) is 21.4 Å². The predicted octanol–water partition coefficient (Wildman–Crippen LogP) is 1.94. The molecule has 1 fully saturated rings. The van der Waals surface area contributed by atoms with E-state index >= 15 is 0 Å². The fourth-order valence-electron chi connectivity index (χ4n) is 2.86. The Kier molecular flexibility index (Phi) is 4.93. The van der Waals surface area contributed by atoms with Crippen molar-refractivity contribution in [1.82, 2.24) is 0 Å². The molecule has 0 spiro atoms. The van der Waals surface area contributed by atoms with E-state index in [9.17, 15) is 18.5 Å². The first-order chi connectivity index (χ1) is 12.4. The maximum Gasteiger partial charge on any atom is 0.238 e. The van der Waals surface area contributed by atoms with E-state index in [1.807, 2.05) is 30.3 Å². The molecule has 0 bridgehead atoms. The molecule has 7 nitrogen and oxygen atoms in total. The van der Waals surface area contributed by atoms with Gasteiger partial charge in [0.1, 0.15) is 6.07 Å². The molecule has 2 aromatic rings. The first-order valence-electron chi connectivity index (χ1n) is 8.08. The molecule has 1 heterocycles. The second-order valence-electron chi connectivity index (χ2n) is 6.03. The highest BCUT2D eigenvalue weighted by molar-refractivity contribution is 7.89. The quantitative estimate of drug-likeness (QED) is 0.834. The Labute approximate surface area is 152 Å². The molecule has 0 saturated carbocycles. The molecule has 1 amide bonds. The van der Waals surface area contributed by atoms with Crippen molar-refractivity contribution >= 4 is 27.3 Å². The molecule has 134 valence electrons. The van der Waals surface area contributed by atoms with Crippen LogP contribution < -0.4 is 15.4 Å². The first kappa shape index (κ1) is 17.9. The van der Waals surface area contributed by atoms with E-state index in [0.717, 1.165) is 24.2 Å². The number of rotatable bonds is 5. The van der Waals surface area contributed by atoms with E-state index in [1.165, 1.54) is 18.2 Å². The summed E-state index contributed by atoms with van der Waals surface area (Å²) in [6.45, 7) is 1.20. The minimum atomic E-state index is -3.85. The number of carbonyl (C=O) groups is 1. The van der Waals surface area contributed by atoms with Crippen LogP contribution in [0.15, 0.2) is 47.4 Å². The Morgan fingerprint density at radius 1 is 1.19 bits per heavy atom. The van der Waals surface area contributed by atoms with Gasteiger partial charge in [-0.2, -0.15) is 5.26 Å². The van der Waals surface area contributed by atoms with Crippen LogP contribution in [0.4, 0.5) is 11.4 Å². The normalized spacial score (nSPS) is 14.3.